The summed E-state index contributed by atoms with van der Waals surface area (Å²) >= 11 is 7.00. The third-order valence-corrected chi connectivity index (χ3v) is 7.64. The Morgan fingerprint density at radius 1 is 1.43 bits per heavy atom. The third-order valence-electron chi connectivity index (χ3n) is 6.46. The number of nitroso groups, excluding NO2 is 1. The molecule has 4 N–H and O–H groups in total. The summed E-state index contributed by atoms with van der Waals surface area (Å²) in [5.41, 5.74) is 1.05. The minimum absolute atomic E-state index is 0.0392. The molecule has 1 fully saturated rings. The summed E-state index contributed by atoms with van der Waals surface area (Å²) in [5.74, 6) is -2.14. The molecular weight excluding hydrogens is 561 g/mol. The number of rotatable bonds is 9. The summed E-state index contributed by atoms with van der Waals surface area (Å²) in [6, 6.07) is 4.79. The summed E-state index contributed by atoms with van der Waals surface area (Å²) in [6.45, 7) is 5.69. The number of aromatic amines is 1. The van der Waals surface area contributed by atoms with Crippen LogP contribution >= 0.6 is 22.9 Å². The van der Waals surface area contributed by atoms with E-state index in [9.17, 15) is 24.3 Å². The van der Waals surface area contributed by atoms with Crippen LogP contribution in [-0.4, -0.2) is 39.5 Å². The number of carboxylic acids is 1. The Morgan fingerprint density at radius 2 is 2.17 bits per heavy atom. The molecule has 0 saturated heterocycles. The van der Waals surface area contributed by atoms with E-state index in [0.717, 1.165) is 23.9 Å². The molecule has 1 saturated carbocycles. The molecule has 206 valence electrons. The molecule has 1 atom stereocenters. The van der Waals surface area contributed by atoms with Crippen LogP contribution in [0, 0.1) is 23.1 Å². The molecule has 0 amide bonds. The van der Waals surface area contributed by atoms with Crippen LogP contribution in [0.4, 0.5) is 10.1 Å². The lowest BCUT2D eigenvalue weighted by molar-refractivity contribution is 0.0697. The fourth-order valence-electron chi connectivity index (χ4n) is 4.49. The number of carbonyl (C=O) groups is 1. The SMILES string of the molecule is C=C1/C(=C\C(=C/N=O)c2cc(Cl)ccc2N(C=N)/N=N\C)CCC1(O)c1nc(C)c(-c2csc(C(=O)O)c2F)[nH]1. The van der Waals surface area contributed by atoms with Gasteiger partial charge in [-0.3, -0.25) is 5.41 Å². The molecule has 3 aromatic rings. The largest absolute Gasteiger partial charge is 0.477 e. The Hall–Kier alpha value is -4.33. The van der Waals surface area contributed by atoms with Gasteiger partial charge in [0.2, 0.25) is 0 Å². The number of imidazole rings is 1. The van der Waals surface area contributed by atoms with Crippen LogP contribution in [0.2, 0.25) is 5.02 Å². The van der Waals surface area contributed by atoms with Crippen molar-refractivity contribution >= 4 is 46.5 Å². The maximum atomic E-state index is 14.8. The van der Waals surface area contributed by atoms with Gasteiger partial charge in [-0.2, -0.15) is 5.11 Å². The van der Waals surface area contributed by atoms with E-state index in [2.05, 4.69) is 32.1 Å². The van der Waals surface area contributed by atoms with Gasteiger partial charge < -0.3 is 15.2 Å². The zero-order chi connectivity index (χ0) is 29.2. The maximum absolute atomic E-state index is 14.8. The van der Waals surface area contributed by atoms with Crippen LogP contribution < -0.4 is 5.01 Å². The van der Waals surface area contributed by atoms with E-state index in [1.807, 2.05) is 0 Å². The minimum Gasteiger partial charge on any atom is -0.477 e. The van der Waals surface area contributed by atoms with Gasteiger partial charge >= 0.3 is 5.97 Å². The highest BCUT2D eigenvalue weighted by Crippen LogP contribution is 2.47. The van der Waals surface area contributed by atoms with E-state index in [4.69, 9.17) is 17.0 Å². The van der Waals surface area contributed by atoms with E-state index in [-0.39, 0.29) is 23.5 Å². The third kappa shape index (κ3) is 5.13. The Balaban J connectivity index is 1.74. The van der Waals surface area contributed by atoms with Gasteiger partial charge in [-0.15, -0.1) is 16.2 Å². The molecule has 1 unspecified atom stereocenters. The number of allylic oxidation sites excluding steroid dienone is 2. The zero-order valence-electron chi connectivity index (χ0n) is 21.3. The topological polar surface area (TPSA) is 167 Å². The van der Waals surface area contributed by atoms with Gasteiger partial charge in [-0.1, -0.05) is 23.4 Å². The molecule has 1 aliphatic carbocycles. The normalized spacial score (nSPS) is 18.6. The van der Waals surface area contributed by atoms with Crippen LogP contribution in [0.15, 0.2) is 69.1 Å². The first-order valence-electron chi connectivity index (χ1n) is 11.7. The summed E-state index contributed by atoms with van der Waals surface area (Å²) in [6.07, 6.45) is 4.18. The number of aliphatic hydroxyl groups is 1. The standard InChI is InChI=1S/C26H23ClFN7O4S/c1-13-15(8-16(10-31-39)18-9-17(27)4-5-20(18)35(12-29)34-30-3)6-7-26(13,38)25-32-14(2)22(33-25)19-11-40-23(21(19)28)24(36)37/h4-5,8-12,29,38H,1,6-7H2,2-3H3,(H,32,33)(H,36,37)/b15-8-,16-10+,29-12?,34-30-. The number of hydrogen-bond donors (Lipinski definition) is 4. The molecule has 2 aromatic heterocycles. The molecule has 0 radical (unpaired) electrons. The molecule has 1 aromatic carbocycles. The van der Waals surface area contributed by atoms with Gasteiger partial charge in [-0.05, 0) is 60.4 Å². The van der Waals surface area contributed by atoms with Crippen LogP contribution in [0.1, 0.15) is 39.6 Å². The van der Waals surface area contributed by atoms with Crippen LogP contribution in [0.3, 0.4) is 0 Å². The van der Waals surface area contributed by atoms with Crippen LogP contribution in [-0.2, 0) is 5.60 Å². The van der Waals surface area contributed by atoms with Crippen molar-refractivity contribution < 1.29 is 19.4 Å². The molecule has 0 bridgehead atoms. The number of aromatic carboxylic acids is 1. The summed E-state index contributed by atoms with van der Waals surface area (Å²) in [4.78, 5) is 29.6. The Bertz CT molecular complexity index is 1630. The van der Waals surface area contributed by atoms with Crippen molar-refractivity contribution in [3.05, 3.63) is 91.3 Å². The number of anilines is 1. The number of aromatic nitrogens is 2. The molecule has 0 aliphatic heterocycles. The van der Waals surface area contributed by atoms with Crippen molar-refractivity contribution in [2.75, 3.05) is 12.1 Å². The lowest BCUT2D eigenvalue weighted by Crippen LogP contribution is -2.25. The molecule has 40 heavy (non-hydrogen) atoms. The monoisotopic (exact) mass is 583 g/mol. The van der Waals surface area contributed by atoms with E-state index >= 15 is 0 Å². The molecule has 2 heterocycles. The second kappa shape index (κ2) is 11.4. The van der Waals surface area contributed by atoms with Crippen molar-refractivity contribution in [3.63, 3.8) is 0 Å². The van der Waals surface area contributed by atoms with Crippen molar-refractivity contribution in [3.8, 4) is 11.3 Å². The Morgan fingerprint density at radius 3 is 2.80 bits per heavy atom. The molecule has 1 aliphatic rings. The van der Waals surface area contributed by atoms with Gasteiger partial charge in [0.25, 0.3) is 0 Å². The number of aryl methyl sites for hydroxylation is 1. The number of nitrogens with one attached hydrogen (secondary N) is 2. The zero-order valence-corrected chi connectivity index (χ0v) is 22.8. The Labute approximate surface area is 236 Å². The second-order valence-corrected chi connectivity index (χ2v) is 10.1. The smallest absolute Gasteiger partial charge is 0.348 e. The van der Waals surface area contributed by atoms with Gasteiger partial charge in [-0.25, -0.2) is 19.2 Å². The average molecular weight is 584 g/mol. The summed E-state index contributed by atoms with van der Waals surface area (Å²) < 4.78 is 14.8. The van der Waals surface area contributed by atoms with Crippen molar-refractivity contribution in [2.45, 2.75) is 25.4 Å². The highest BCUT2D eigenvalue weighted by molar-refractivity contribution is 7.12. The lowest BCUT2D eigenvalue weighted by Gasteiger charge is -2.21. The highest BCUT2D eigenvalue weighted by Gasteiger charge is 2.43. The quantitative estimate of drug-likeness (QED) is 0.0725. The molecule has 0 spiro atoms. The number of benzene rings is 1. The number of carboxylic acid groups (broad SMARTS) is 1. The minimum atomic E-state index is -1.65. The number of H-pyrrole nitrogens is 1. The average Bonchev–Trinajstić information content (AvgIpc) is 3.58. The molecule has 11 nitrogen and oxygen atoms in total. The molecule has 4 rings (SSSR count). The van der Waals surface area contributed by atoms with Gasteiger partial charge in [0.15, 0.2) is 5.82 Å². The number of hydrogen-bond acceptors (Lipinski definition) is 9. The first-order chi connectivity index (χ1) is 19.0. The summed E-state index contributed by atoms with van der Waals surface area (Å²) in [7, 11) is 1.45. The second-order valence-electron chi connectivity index (χ2n) is 8.77. The van der Waals surface area contributed by atoms with Crippen LogP contribution in [0.5, 0.6) is 0 Å². The first-order valence-corrected chi connectivity index (χ1v) is 12.9. The summed E-state index contributed by atoms with van der Waals surface area (Å²) in [5, 5.41) is 42.0. The fraction of sp³-hybridized carbons (Fsp3) is 0.192. The molecule has 14 heteroatoms. The van der Waals surface area contributed by atoms with Crippen molar-refractivity contribution in [1.82, 2.24) is 9.97 Å². The number of halogens is 2. The van der Waals surface area contributed by atoms with E-state index in [0.29, 0.717) is 45.1 Å². The van der Waals surface area contributed by atoms with E-state index in [1.54, 1.807) is 31.2 Å². The number of nitrogens with zero attached hydrogens (tertiary/aromatic N) is 5. The van der Waals surface area contributed by atoms with Gasteiger partial charge in [0.05, 0.1) is 30.3 Å². The maximum Gasteiger partial charge on any atom is 0.348 e. The number of thiophene rings is 1. The molecular formula is C26H23ClFN7O4S. The Kier molecular flexibility index (Phi) is 8.18. The van der Waals surface area contributed by atoms with Crippen LogP contribution in [0.25, 0.3) is 16.8 Å². The lowest BCUT2D eigenvalue weighted by atomic mass is 9.94. The first kappa shape index (κ1) is 28.7. The predicted molar refractivity (Wildman–Crippen MR) is 151 cm³/mol. The van der Waals surface area contributed by atoms with E-state index < -0.39 is 22.3 Å². The highest BCUT2D eigenvalue weighted by atomic mass is 35.5. The van der Waals surface area contributed by atoms with Gasteiger partial charge in [0.1, 0.15) is 22.6 Å². The fourth-order valence-corrected chi connectivity index (χ4v) is 5.43. The van der Waals surface area contributed by atoms with Crippen molar-refractivity contribution in [2.24, 2.45) is 15.5 Å². The van der Waals surface area contributed by atoms with E-state index in [1.165, 1.54) is 17.4 Å². The van der Waals surface area contributed by atoms with Crippen molar-refractivity contribution in [1.29, 1.82) is 5.41 Å². The van der Waals surface area contributed by atoms with Gasteiger partial charge in [0, 0.05) is 27.1 Å². The predicted octanol–water partition coefficient (Wildman–Crippen LogP) is 6.62.